The fraction of sp³-hybridized carbons (Fsp3) is 0.529. The number of imidazole rings is 1. The van der Waals surface area contributed by atoms with Crippen molar-refractivity contribution >= 4 is 34.8 Å². The summed E-state index contributed by atoms with van der Waals surface area (Å²) in [5.74, 6) is 0.852. The van der Waals surface area contributed by atoms with Gasteiger partial charge in [0, 0.05) is 25.5 Å². The lowest BCUT2D eigenvalue weighted by Gasteiger charge is -2.32. The van der Waals surface area contributed by atoms with Gasteiger partial charge in [-0.1, -0.05) is 23.2 Å². The van der Waals surface area contributed by atoms with Crippen LogP contribution in [-0.2, 0) is 11.2 Å². The number of hydrogen-bond acceptors (Lipinski definition) is 3. The van der Waals surface area contributed by atoms with Gasteiger partial charge in [0.2, 0.25) is 5.91 Å². The van der Waals surface area contributed by atoms with Crippen molar-refractivity contribution in [3.8, 4) is 0 Å². The molecule has 0 aromatic carbocycles. The van der Waals surface area contributed by atoms with E-state index in [-0.39, 0.29) is 5.91 Å². The molecule has 3 rings (SSSR count). The van der Waals surface area contributed by atoms with E-state index in [0.29, 0.717) is 22.1 Å². The maximum atomic E-state index is 12.5. The molecule has 0 bridgehead atoms. The number of nitrogens with zero attached hydrogens (tertiary/aromatic N) is 3. The fourth-order valence-corrected chi connectivity index (χ4v) is 3.77. The van der Waals surface area contributed by atoms with Crippen molar-refractivity contribution < 1.29 is 4.79 Å². The lowest BCUT2D eigenvalue weighted by molar-refractivity contribution is -0.131. The first-order chi connectivity index (χ1) is 11.6. The standard InChI is InChI=1S/C17H22Cl2N4O/c1-20-5-2-12-3-6-22(7-4-12)16(24)9-14-11-23-10-13(18)8-15(19)17(23)21-14/h8,10-12,20H,2-7,9H2,1H3. The Morgan fingerprint density at radius 3 is 2.79 bits per heavy atom. The van der Waals surface area contributed by atoms with Gasteiger partial charge in [0.1, 0.15) is 0 Å². The second kappa shape index (κ2) is 7.72. The van der Waals surface area contributed by atoms with Crippen LogP contribution in [0.3, 0.4) is 0 Å². The van der Waals surface area contributed by atoms with Gasteiger partial charge in [-0.15, -0.1) is 0 Å². The molecule has 5 nitrogen and oxygen atoms in total. The molecule has 130 valence electrons. The minimum absolute atomic E-state index is 0.132. The Balaban J connectivity index is 1.60. The Bertz CT molecular complexity index is 723. The number of likely N-dealkylation sites (tertiary alicyclic amines) is 1. The zero-order chi connectivity index (χ0) is 17.1. The number of aromatic nitrogens is 2. The normalized spacial score (nSPS) is 16.0. The van der Waals surface area contributed by atoms with Crippen LogP contribution in [0.5, 0.6) is 0 Å². The summed E-state index contributed by atoms with van der Waals surface area (Å²) in [7, 11) is 1.98. The van der Waals surface area contributed by atoms with Crippen LogP contribution in [0.2, 0.25) is 10.0 Å². The Morgan fingerprint density at radius 2 is 2.08 bits per heavy atom. The van der Waals surface area contributed by atoms with Crippen LogP contribution in [-0.4, -0.2) is 46.9 Å². The smallest absolute Gasteiger partial charge is 0.228 e. The molecule has 1 N–H and O–H groups in total. The van der Waals surface area contributed by atoms with Gasteiger partial charge in [0.15, 0.2) is 5.65 Å². The molecule has 0 aliphatic carbocycles. The monoisotopic (exact) mass is 368 g/mol. The highest BCUT2D eigenvalue weighted by Gasteiger charge is 2.23. The third-order valence-corrected chi connectivity index (χ3v) is 5.11. The molecule has 0 atom stereocenters. The van der Waals surface area contributed by atoms with Gasteiger partial charge >= 0.3 is 0 Å². The van der Waals surface area contributed by atoms with Gasteiger partial charge in [-0.3, -0.25) is 4.79 Å². The molecule has 1 aliphatic rings. The van der Waals surface area contributed by atoms with E-state index < -0.39 is 0 Å². The Kier molecular flexibility index (Phi) is 5.64. The first-order valence-electron chi connectivity index (χ1n) is 8.32. The number of carbonyl (C=O) groups excluding carboxylic acids is 1. The number of hydrogen-bond donors (Lipinski definition) is 1. The molecule has 2 aromatic heterocycles. The van der Waals surface area contributed by atoms with Crippen LogP contribution >= 0.6 is 23.2 Å². The third-order valence-electron chi connectivity index (χ3n) is 4.62. The number of fused-ring (bicyclic) bond motifs is 1. The van der Waals surface area contributed by atoms with Crippen LogP contribution in [0.15, 0.2) is 18.5 Å². The van der Waals surface area contributed by atoms with Crippen molar-refractivity contribution in [3.63, 3.8) is 0 Å². The molecule has 2 aromatic rings. The van der Waals surface area contributed by atoms with E-state index in [2.05, 4.69) is 10.3 Å². The van der Waals surface area contributed by atoms with Gasteiger partial charge in [0.05, 0.1) is 22.2 Å². The van der Waals surface area contributed by atoms with Gasteiger partial charge in [-0.25, -0.2) is 4.98 Å². The number of amides is 1. The van der Waals surface area contributed by atoms with E-state index in [1.54, 1.807) is 16.7 Å². The largest absolute Gasteiger partial charge is 0.342 e. The average molecular weight is 369 g/mol. The maximum Gasteiger partial charge on any atom is 0.228 e. The average Bonchev–Trinajstić information content (AvgIpc) is 2.96. The maximum absolute atomic E-state index is 12.5. The van der Waals surface area contributed by atoms with Gasteiger partial charge in [-0.05, 0) is 44.8 Å². The molecule has 1 saturated heterocycles. The highest BCUT2D eigenvalue weighted by Crippen LogP contribution is 2.23. The molecule has 1 fully saturated rings. The quantitative estimate of drug-likeness (QED) is 0.882. The molecule has 7 heteroatoms. The van der Waals surface area contributed by atoms with Crippen LogP contribution in [0.1, 0.15) is 25.0 Å². The summed E-state index contributed by atoms with van der Waals surface area (Å²) in [5.41, 5.74) is 1.36. The Labute approximate surface area is 151 Å². The number of halogens is 2. The van der Waals surface area contributed by atoms with E-state index in [1.165, 1.54) is 6.42 Å². The zero-order valence-electron chi connectivity index (χ0n) is 13.8. The van der Waals surface area contributed by atoms with Crippen molar-refractivity contribution in [1.29, 1.82) is 0 Å². The first-order valence-corrected chi connectivity index (χ1v) is 9.07. The number of rotatable bonds is 5. The Morgan fingerprint density at radius 1 is 1.33 bits per heavy atom. The Hall–Kier alpha value is -1.30. The third kappa shape index (κ3) is 4.02. The molecule has 0 saturated carbocycles. The SMILES string of the molecule is CNCCC1CCN(C(=O)Cc2cn3cc(Cl)cc(Cl)c3n2)CC1. The van der Waals surface area contributed by atoms with Crippen LogP contribution in [0.25, 0.3) is 5.65 Å². The number of nitrogens with one attached hydrogen (secondary N) is 1. The van der Waals surface area contributed by atoms with Crippen LogP contribution in [0.4, 0.5) is 0 Å². The van der Waals surface area contributed by atoms with Gasteiger partial charge in [0.25, 0.3) is 0 Å². The molecule has 3 heterocycles. The predicted octanol–water partition coefficient (Wildman–Crippen LogP) is 3.03. The lowest BCUT2D eigenvalue weighted by Crippen LogP contribution is -2.39. The number of carbonyl (C=O) groups is 1. The summed E-state index contributed by atoms with van der Waals surface area (Å²) in [4.78, 5) is 18.9. The van der Waals surface area contributed by atoms with Crippen molar-refractivity contribution in [2.75, 3.05) is 26.7 Å². The van der Waals surface area contributed by atoms with Crippen molar-refractivity contribution in [3.05, 3.63) is 34.2 Å². The summed E-state index contributed by atoms with van der Waals surface area (Å²) in [6, 6.07) is 1.66. The summed E-state index contributed by atoms with van der Waals surface area (Å²) < 4.78 is 1.78. The highest BCUT2D eigenvalue weighted by molar-refractivity contribution is 6.36. The summed E-state index contributed by atoms with van der Waals surface area (Å²) >= 11 is 12.1. The van der Waals surface area contributed by atoms with E-state index >= 15 is 0 Å². The number of pyridine rings is 1. The second-order valence-corrected chi connectivity index (χ2v) is 7.21. The molecule has 1 amide bonds. The summed E-state index contributed by atoms with van der Waals surface area (Å²) in [6.07, 6.45) is 7.22. The first kappa shape index (κ1) is 17.5. The van der Waals surface area contributed by atoms with E-state index in [1.807, 2.05) is 18.1 Å². The summed E-state index contributed by atoms with van der Waals surface area (Å²) in [6.45, 7) is 2.73. The van der Waals surface area contributed by atoms with Crippen LogP contribution in [0, 0.1) is 5.92 Å². The molecular formula is C17H22Cl2N4O. The molecule has 0 radical (unpaired) electrons. The fourth-order valence-electron chi connectivity index (χ4n) is 3.25. The molecule has 24 heavy (non-hydrogen) atoms. The topological polar surface area (TPSA) is 49.6 Å². The number of piperidine rings is 1. The predicted molar refractivity (Wildman–Crippen MR) is 96.8 cm³/mol. The van der Waals surface area contributed by atoms with Crippen molar-refractivity contribution in [2.24, 2.45) is 5.92 Å². The van der Waals surface area contributed by atoms with Gasteiger partial charge < -0.3 is 14.6 Å². The summed E-state index contributed by atoms with van der Waals surface area (Å²) in [5, 5.41) is 4.23. The van der Waals surface area contributed by atoms with E-state index in [9.17, 15) is 4.79 Å². The van der Waals surface area contributed by atoms with E-state index in [4.69, 9.17) is 23.2 Å². The van der Waals surface area contributed by atoms with Crippen molar-refractivity contribution in [2.45, 2.75) is 25.7 Å². The van der Waals surface area contributed by atoms with Crippen molar-refractivity contribution in [1.82, 2.24) is 19.6 Å². The highest BCUT2D eigenvalue weighted by atomic mass is 35.5. The molecule has 0 spiro atoms. The molecule has 1 aliphatic heterocycles. The van der Waals surface area contributed by atoms with Gasteiger partial charge in [-0.2, -0.15) is 0 Å². The van der Waals surface area contributed by atoms with Crippen LogP contribution < -0.4 is 5.32 Å². The second-order valence-electron chi connectivity index (χ2n) is 6.36. The minimum atomic E-state index is 0.132. The molecular weight excluding hydrogens is 347 g/mol. The van der Waals surface area contributed by atoms with E-state index in [0.717, 1.165) is 44.1 Å². The lowest BCUT2D eigenvalue weighted by atomic mass is 9.93. The minimum Gasteiger partial charge on any atom is -0.342 e. The zero-order valence-corrected chi connectivity index (χ0v) is 15.3. The molecule has 0 unspecified atom stereocenters.